The van der Waals surface area contributed by atoms with Gasteiger partial charge in [-0.2, -0.15) is 17.5 Å². The molecule has 6 nitrogen and oxygen atoms in total. The zero-order chi connectivity index (χ0) is 25.0. The van der Waals surface area contributed by atoms with E-state index in [1.165, 1.54) is 43.4 Å². The van der Waals surface area contributed by atoms with Crippen LogP contribution >= 0.6 is 0 Å². The minimum atomic E-state index is -5.08. The molecule has 0 radical (unpaired) electrons. The Labute approximate surface area is 200 Å². The summed E-state index contributed by atoms with van der Waals surface area (Å²) in [6.45, 7) is 6.62. The van der Waals surface area contributed by atoms with E-state index in [0.717, 1.165) is 31.8 Å². The highest BCUT2D eigenvalue weighted by Crippen LogP contribution is 2.43. The van der Waals surface area contributed by atoms with Crippen LogP contribution in [0.3, 0.4) is 0 Å². The van der Waals surface area contributed by atoms with Crippen LogP contribution in [-0.4, -0.2) is 66.8 Å². The number of rotatable bonds is 5. The molecule has 3 aliphatic rings. The van der Waals surface area contributed by atoms with Gasteiger partial charge in [0.2, 0.25) is 10.0 Å². The van der Waals surface area contributed by atoms with E-state index in [2.05, 4.69) is 29.2 Å². The lowest BCUT2D eigenvalue weighted by atomic mass is 9.69. The summed E-state index contributed by atoms with van der Waals surface area (Å²) >= 11 is 0. The molecule has 0 unspecified atom stereocenters. The van der Waals surface area contributed by atoms with Crippen molar-refractivity contribution in [1.82, 2.24) is 9.21 Å². The molecule has 0 bridgehead atoms. The number of fused-ring (bicyclic) bond motifs is 2. The van der Waals surface area contributed by atoms with Crippen molar-refractivity contribution in [2.75, 3.05) is 31.9 Å². The third-order valence-electron chi connectivity index (χ3n) is 7.32. The number of benzene rings is 1. The minimum Gasteiger partial charge on any atom is -0.475 e. The van der Waals surface area contributed by atoms with E-state index < -0.39 is 22.2 Å². The van der Waals surface area contributed by atoms with Gasteiger partial charge >= 0.3 is 12.1 Å². The molecule has 192 valence electrons. The van der Waals surface area contributed by atoms with Gasteiger partial charge in [0.25, 0.3) is 0 Å². The number of alkyl halides is 3. The van der Waals surface area contributed by atoms with Crippen LogP contribution in [0.4, 0.5) is 13.2 Å². The maximum Gasteiger partial charge on any atom is 0.490 e. The molecular weight excluding hydrogens is 469 g/mol. The van der Waals surface area contributed by atoms with Gasteiger partial charge in [-0.25, -0.2) is 13.2 Å². The number of carboxylic acids is 1. The Kier molecular flexibility index (Phi) is 8.68. The molecule has 1 spiro atoms. The van der Waals surface area contributed by atoms with Crippen LogP contribution in [0.5, 0.6) is 0 Å². The van der Waals surface area contributed by atoms with Crippen molar-refractivity contribution in [2.45, 2.75) is 70.0 Å². The Hall–Kier alpha value is -1.65. The number of sulfonamides is 1. The summed E-state index contributed by atoms with van der Waals surface area (Å²) in [4.78, 5) is 11.5. The molecule has 0 amide bonds. The lowest BCUT2D eigenvalue weighted by molar-refractivity contribution is -0.192. The lowest BCUT2D eigenvalue weighted by Crippen LogP contribution is -2.53. The van der Waals surface area contributed by atoms with E-state index >= 15 is 0 Å². The summed E-state index contributed by atoms with van der Waals surface area (Å²) in [5.41, 5.74) is 2.63. The van der Waals surface area contributed by atoms with Crippen molar-refractivity contribution in [3.63, 3.8) is 0 Å². The summed E-state index contributed by atoms with van der Waals surface area (Å²) in [5.74, 6) is -1.61. The molecule has 2 fully saturated rings. The van der Waals surface area contributed by atoms with Gasteiger partial charge in [-0.1, -0.05) is 44.0 Å². The van der Waals surface area contributed by atoms with E-state index in [0.29, 0.717) is 19.5 Å². The van der Waals surface area contributed by atoms with Gasteiger partial charge in [0.05, 0.1) is 5.75 Å². The summed E-state index contributed by atoms with van der Waals surface area (Å²) in [6, 6.07) is 8.57. The van der Waals surface area contributed by atoms with Gasteiger partial charge in [0, 0.05) is 25.0 Å². The second kappa shape index (κ2) is 11.0. The Morgan fingerprint density at radius 1 is 1.15 bits per heavy atom. The maximum absolute atomic E-state index is 12.8. The summed E-state index contributed by atoms with van der Waals surface area (Å²) in [6.07, 6.45) is 3.35. The number of piperidine rings is 1. The fraction of sp³-hybridized carbons (Fsp3) is 0.708. The van der Waals surface area contributed by atoms with Crippen molar-refractivity contribution in [1.29, 1.82) is 0 Å². The predicted octanol–water partition coefficient (Wildman–Crippen LogP) is 4.40. The van der Waals surface area contributed by atoms with Crippen LogP contribution < -0.4 is 0 Å². The number of aliphatic carboxylic acids is 1. The molecule has 1 aromatic carbocycles. The van der Waals surface area contributed by atoms with Crippen molar-refractivity contribution >= 4 is 16.0 Å². The summed E-state index contributed by atoms with van der Waals surface area (Å²) in [7, 11) is -3.16. The number of hydrogen-bond acceptors (Lipinski definition) is 4. The second-order valence-corrected chi connectivity index (χ2v) is 11.9. The molecule has 1 saturated carbocycles. The number of carboxylic acid groups (broad SMARTS) is 1. The highest BCUT2D eigenvalue weighted by atomic mass is 32.2. The average Bonchev–Trinajstić information content (AvgIpc) is 3.28. The quantitative estimate of drug-likeness (QED) is 0.643. The Balaban J connectivity index is 0.000000406. The molecule has 2 heterocycles. The van der Waals surface area contributed by atoms with Crippen LogP contribution in [0.25, 0.3) is 0 Å². The van der Waals surface area contributed by atoms with Crippen LogP contribution in [0, 0.1) is 5.92 Å². The van der Waals surface area contributed by atoms with Gasteiger partial charge in [0.15, 0.2) is 0 Å². The first-order chi connectivity index (χ1) is 16.0. The van der Waals surface area contributed by atoms with Crippen molar-refractivity contribution in [2.24, 2.45) is 5.92 Å². The van der Waals surface area contributed by atoms with Crippen LogP contribution in [0.1, 0.15) is 63.0 Å². The fourth-order valence-electron chi connectivity index (χ4n) is 5.58. The van der Waals surface area contributed by atoms with Gasteiger partial charge in [-0.05, 0) is 62.2 Å². The molecule has 34 heavy (non-hydrogen) atoms. The maximum atomic E-state index is 12.8. The van der Waals surface area contributed by atoms with Gasteiger partial charge in [-0.3, -0.25) is 0 Å². The molecule has 0 aromatic heterocycles. The molecule has 2 aliphatic heterocycles. The molecule has 1 saturated heterocycles. The zero-order valence-electron chi connectivity index (χ0n) is 19.7. The Morgan fingerprint density at radius 2 is 1.74 bits per heavy atom. The molecule has 4 rings (SSSR count). The Morgan fingerprint density at radius 3 is 2.29 bits per heavy atom. The molecule has 0 atom stereocenters. The first kappa shape index (κ1) is 26.9. The lowest BCUT2D eigenvalue weighted by Gasteiger charge is -2.48. The van der Waals surface area contributed by atoms with E-state index in [1.54, 1.807) is 4.31 Å². The smallest absolute Gasteiger partial charge is 0.475 e. The number of nitrogens with zero attached hydrogens (tertiary/aromatic N) is 2. The van der Waals surface area contributed by atoms with Crippen LogP contribution in [0.15, 0.2) is 24.3 Å². The second-order valence-electron chi connectivity index (χ2n) is 9.78. The van der Waals surface area contributed by atoms with E-state index in [1.807, 2.05) is 6.92 Å². The van der Waals surface area contributed by atoms with Crippen molar-refractivity contribution < 1.29 is 31.5 Å². The van der Waals surface area contributed by atoms with E-state index in [4.69, 9.17) is 9.90 Å². The van der Waals surface area contributed by atoms with Crippen LogP contribution in [0.2, 0.25) is 0 Å². The van der Waals surface area contributed by atoms with Gasteiger partial charge in [0.1, 0.15) is 0 Å². The topological polar surface area (TPSA) is 77.9 Å². The monoisotopic (exact) mass is 504 g/mol. The van der Waals surface area contributed by atoms with Crippen molar-refractivity contribution in [3.05, 3.63) is 35.4 Å². The SMILES string of the molecule is CCCS(=O)(=O)N1Cc2ccccc2C2(CCN(CC3CCCC3)CC2)C1.O=C(O)C(F)(F)F. The Bertz CT molecular complexity index is 938. The average molecular weight is 505 g/mol. The standard InChI is InChI=1S/C22H34N2O2S.C2HF3O2/c1-2-15-27(25,26)24-17-20-9-5-6-10-21(20)22(18-24)11-13-23(14-12-22)16-19-7-3-4-8-19;3-2(4,5)1(6)7/h5-6,9-10,19H,2-4,7-8,11-18H2,1H3;(H,6,7). The van der Waals surface area contributed by atoms with Crippen LogP contribution in [-0.2, 0) is 26.8 Å². The highest BCUT2D eigenvalue weighted by molar-refractivity contribution is 7.89. The number of carbonyl (C=O) groups is 1. The molecule has 1 aromatic rings. The van der Waals surface area contributed by atoms with Gasteiger partial charge in [-0.15, -0.1) is 0 Å². The third kappa shape index (κ3) is 6.51. The normalized spacial score (nSPS) is 21.6. The molecule has 1 aliphatic carbocycles. The fourth-order valence-corrected chi connectivity index (χ4v) is 7.13. The highest BCUT2D eigenvalue weighted by Gasteiger charge is 2.44. The van der Waals surface area contributed by atoms with Crippen molar-refractivity contribution in [3.8, 4) is 0 Å². The number of hydrogen-bond donors (Lipinski definition) is 1. The minimum absolute atomic E-state index is 0.00182. The van der Waals surface area contributed by atoms with Gasteiger partial charge < -0.3 is 10.0 Å². The molecule has 10 heteroatoms. The summed E-state index contributed by atoms with van der Waals surface area (Å²) in [5, 5.41) is 7.12. The third-order valence-corrected chi connectivity index (χ3v) is 9.29. The molecule has 1 N–H and O–H groups in total. The number of halogens is 3. The largest absolute Gasteiger partial charge is 0.490 e. The van der Waals surface area contributed by atoms with E-state index in [9.17, 15) is 21.6 Å². The molecular formula is C24H35F3N2O4S. The summed E-state index contributed by atoms with van der Waals surface area (Å²) < 4.78 is 59.2. The zero-order valence-corrected chi connectivity index (χ0v) is 20.5. The first-order valence-electron chi connectivity index (χ1n) is 12.1. The predicted molar refractivity (Wildman–Crippen MR) is 124 cm³/mol. The van der Waals surface area contributed by atoms with E-state index in [-0.39, 0.29) is 11.2 Å². The number of likely N-dealkylation sites (tertiary alicyclic amines) is 1. The first-order valence-corrected chi connectivity index (χ1v) is 13.7.